The van der Waals surface area contributed by atoms with Crippen LogP contribution in [0.4, 0.5) is 0 Å². The molecule has 0 aliphatic carbocycles. The minimum atomic E-state index is 0.661. The van der Waals surface area contributed by atoms with E-state index >= 15 is 0 Å². The van der Waals surface area contributed by atoms with Gasteiger partial charge in [-0.25, -0.2) is 0 Å². The summed E-state index contributed by atoms with van der Waals surface area (Å²) in [6.07, 6.45) is 3.82. The number of rotatable bonds is 2. The lowest BCUT2D eigenvalue weighted by Crippen LogP contribution is -2.47. The zero-order chi connectivity index (χ0) is 12.1. The molecular weight excluding hydrogens is 214 g/mol. The van der Waals surface area contributed by atoms with Crippen LogP contribution >= 0.6 is 0 Å². The molecule has 0 aromatic carbocycles. The first-order valence-electron chi connectivity index (χ1n) is 6.83. The largest absolute Gasteiger partial charge is 0.381 e. The summed E-state index contributed by atoms with van der Waals surface area (Å²) in [6, 6.07) is 0. The van der Waals surface area contributed by atoms with Crippen molar-refractivity contribution in [1.29, 1.82) is 0 Å². The molecule has 4 nitrogen and oxygen atoms in total. The minimum Gasteiger partial charge on any atom is -0.381 e. The number of nitrogens with zero attached hydrogens (tertiary/aromatic N) is 2. The summed E-state index contributed by atoms with van der Waals surface area (Å²) >= 11 is 0. The average Bonchev–Trinajstić information content (AvgIpc) is 2.83. The number of hydrogen-bond acceptors (Lipinski definition) is 2. The van der Waals surface area contributed by atoms with Gasteiger partial charge in [0.2, 0.25) is 0 Å². The lowest BCUT2D eigenvalue weighted by molar-refractivity contribution is 0.185. The second-order valence-electron chi connectivity index (χ2n) is 5.35. The number of piperidine rings is 1. The fourth-order valence-corrected chi connectivity index (χ4v) is 2.69. The van der Waals surface area contributed by atoms with E-state index in [0.29, 0.717) is 5.92 Å². The third kappa shape index (κ3) is 3.60. The molecule has 2 atom stereocenters. The van der Waals surface area contributed by atoms with Crippen LogP contribution in [0.3, 0.4) is 0 Å². The molecule has 2 rings (SSSR count). The van der Waals surface area contributed by atoms with Crippen LogP contribution in [-0.2, 0) is 4.74 Å². The van der Waals surface area contributed by atoms with Crippen LogP contribution in [-0.4, -0.2) is 50.8 Å². The molecule has 2 unspecified atom stereocenters. The molecule has 2 fully saturated rings. The Bertz CT molecular complexity index is 261. The topological polar surface area (TPSA) is 36.9 Å². The van der Waals surface area contributed by atoms with Gasteiger partial charge in [0.15, 0.2) is 5.96 Å². The van der Waals surface area contributed by atoms with Gasteiger partial charge in [0.25, 0.3) is 0 Å². The van der Waals surface area contributed by atoms with Crippen molar-refractivity contribution >= 4 is 5.96 Å². The third-order valence-corrected chi connectivity index (χ3v) is 3.74. The number of likely N-dealkylation sites (tertiary alicyclic amines) is 1. The Labute approximate surface area is 104 Å². The SMILES string of the molecule is CN=C(NCC1CCOC1)N1CCCC(C)C1. The number of aliphatic imine (C=N–C) groups is 1. The van der Waals surface area contributed by atoms with Crippen molar-refractivity contribution in [2.24, 2.45) is 16.8 Å². The van der Waals surface area contributed by atoms with Gasteiger partial charge in [0.1, 0.15) is 0 Å². The Kier molecular flexibility index (Phi) is 4.66. The molecule has 98 valence electrons. The highest BCUT2D eigenvalue weighted by molar-refractivity contribution is 5.79. The van der Waals surface area contributed by atoms with E-state index < -0.39 is 0 Å². The number of hydrogen-bond donors (Lipinski definition) is 1. The lowest BCUT2D eigenvalue weighted by atomic mass is 10.0. The first kappa shape index (κ1) is 12.7. The standard InChI is InChI=1S/C13H25N3O/c1-11-4-3-6-16(9-11)13(14-2)15-8-12-5-7-17-10-12/h11-12H,3-10H2,1-2H3,(H,14,15). The maximum atomic E-state index is 5.39. The van der Waals surface area contributed by atoms with Gasteiger partial charge >= 0.3 is 0 Å². The van der Waals surface area contributed by atoms with Crippen molar-refractivity contribution in [3.63, 3.8) is 0 Å². The van der Waals surface area contributed by atoms with Crippen molar-refractivity contribution in [3.8, 4) is 0 Å². The van der Waals surface area contributed by atoms with Gasteiger partial charge in [-0.1, -0.05) is 6.92 Å². The summed E-state index contributed by atoms with van der Waals surface area (Å²) in [7, 11) is 1.88. The van der Waals surface area contributed by atoms with Crippen molar-refractivity contribution < 1.29 is 4.74 Å². The maximum Gasteiger partial charge on any atom is 0.193 e. The Balaban J connectivity index is 1.79. The number of nitrogens with one attached hydrogen (secondary N) is 1. The van der Waals surface area contributed by atoms with E-state index in [1.165, 1.54) is 19.3 Å². The van der Waals surface area contributed by atoms with Gasteiger partial charge in [-0.15, -0.1) is 0 Å². The Morgan fingerprint density at radius 3 is 3.00 bits per heavy atom. The first-order valence-corrected chi connectivity index (χ1v) is 6.83. The molecule has 0 bridgehead atoms. The predicted molar refractivity (Wildman–Crippen MR) is 70.3 cm³/mol. The van der Waals surface area contributed by atoms with Gasteiger partial charge in [-0.3, -0.25) is 4.99 Å². The Morgan fingerprint density at radius 2 is 2.35 bits per heavy atom. The molecule has 2 saturated heterocycles. The molecule has 2 aliphatic rings. The van der Waals surface area contributed by atoms with E-state index in [4.69, 9.17) is 4.74 Å². The normalized spacial score (nSPS) is 30.7. The van der Waals surface area contributed by atoms with E-state index in [9.17, 15) is 0 Å². The molecular formula is C13H25N3O. The summed E-state index contributed by atoms with van der Waals surface area (Å²) in [5.41, 5.74) is 0. The van der Waals surface area contributed by atoms with Crippen molar-refractivity contribution in [1.82, 2.24) is 10.2 Å². The second-order valence-corrected chi connectivity index (χ2v) is 5.35. The quantitative estimate of drug-likeness (QED) is 0.583. The van der Waals surface area contributed by atoms with Crippen LogP contribution < -0.4 is 5.32 Å². The Morgan fingerprint density at radius 1 is 1.47 bits per heavy atom. The highest BCUT2D eigenvalue weighted by Gasteiger charge is 2.21. The van der Waals surface area contributed by atoms with Crippen LogP contribution in [0.25, 0.3) is 0 Å². The van der Waals surface area contributed by atoms with E-state index in [1.54, 1.807) is 0 Å². The van der Waals surface area contributed by atoms with Gasteiger partial charge in [0, 0.05) is 39.2 Å². The molecule has 17 heavy (non-hydrogen) atoms. The maximum absolute atomic E-state index is 5.39. The van der Waals surface area contributed by atoms with E-state index in [0.717, 1.165) is 44.7 Å². The third-order valence-electron chi connectivity index (χ3n) is 3.74. The molecule has 2 aliphatic heterocycles. The number of ether oxygens (including phenoxy) is 1. The molecule has 0 aromatic heterocycles. The van der Waals surface area contributed by atoms with Crippen LogP contribution in [0.5, 0.6) is 0 Å². The summed E-state index contributed by atoms with van der Waals surface area (Å²) in [4.78, 5) is 6.79. The highest BCUT2D eigenvalue weighted by atomic mass is 16.5. The zero-order valence-electron chi connectivity index (χ0n) is 11.1. The van der Waals surface area contributed by atoms with Crippen LogP contribution in [0.1, 0.15) is 26.2 Å². The van der Waals surface area contributed by atoms with Crippen molar-refractivity contribution in [3.05, 3.63) is 0 Å². The fourth-order valence-electron chi connectivity index (χ4n) is 2.69. The van der Waals surface area contributed by atoms with Gasteiger partial charge in [-0.05, 0) is 25.2 Å². The molecule has 0 saturated carbocycles. The molecule has 0 spiro atoms. The predicted octanol–water partition coefficient (Wildman–Crippen LogP) is 1.33. The molecule has 1 N–H and O–H groups in total. The van der Waals surface area contributed by atoms with E-state index in [2.05, 4.69) is 22.1 Å². The van der Waals surface area contributed by atoms with Crippen molar-refractivity contribution in [2.45, 2.75) is 26.2 Å². The van der Waals surface area contributed by atoms with Crippen LogP contribution in [0.2, 0.25) is 0 Å². The number of guanidine groups is 1. The summed E-state index contributed by atoms with van der Waals surface area (Å²) in [6.45, 7) is 7.43. The smallest absolute Gasteiger partial charge is 0.193 e. The van der Waals surface area contributed by atoms with E-state index in [-0.39, 0.29) is 0 Å². The minimum absolute atomic E-state index is 0.661. The van der Waals surface area contributed by atoms with E-state index in [1.807, 2.05) is 7.05 Å². The average molecular weight is 239 g/mol. The lowest BCUT2D eigenvalue weighted by Gasteiger charge is -2.33. The van der Waals surface area contributed by atoms with Crippen LogP contribution in [0.15, 0.2) is 4.99 Å². The zero-order valence-corrected chi connectivity index (χ0v) is 11.1. The fraction of sp³-hybridized carbons (Fsp3) is 0.923. The molecule has 0 aromatic rings. The van der Waals surface area contributed by atoms with Gasteiger partial charge in [-0.2, -0.15) is 0 Å². The molecule has 2 heterocycles. The van der Waals surface area contributed by atoms with Gasteiger partial charge < -0.3 is 15.0 Å². The van der Waals surface area contributed by atoms with Gasteiger partial charge in [0.05, 0.1) is 6.61 Å². The summed E-state index contributed by atoms with van der Waals surface area (Å²) in [5, 5.41) is 3.50. The summed E-state index contributed by atoms with van der Waals surface area (Å²) in [5.74, 6) is 2.52. The highest BCUT2D eigenvalue weighted by Crippen LogP contribution is 2.16. The van der Waals surface area contributed by atoms with Crippen LogP contribution in [0, 0.1) is 11.8 Å². The molecule has 0 amide bonds. The molecule has 0 radical (unpaired) electrons. The second kappa shape index (κ2) is 6.24. The molecule has 4 heteroatoms. The summed E-state index contributed by atoms with van der Waals surface area (Å²) < 4.78 is 5.39. The Hall–Kier alpha value is -0.770. The van der Waals surface area contributed by atoms with Crippen molar-refractivity contribution in [2.75, 3.05) is 39.9 Å². The monoisotopic (exact) mass is 239 g/mol. The first-order chi connectivity index (χ1) is 8.29.